The van der Waals surface area contributed by atoms with Crippen LogP contribution in [-0.4, -0.2) is 69.1 Å². The van der Waals surface area contributed by atoms with Crippen molar-refractivity contribution in [3.8, 4) is 0 Å². The molecule has 0 aromatic carbocycles. The molecular formula is C15H28IN5O. The first kappa shape index (κ1) is 19.2. The zero-order valence-electron chi connectivity index (χ0n) is 13.5. The van der Waals surface area contributed by atoms with Crippen molar-refractivity contribution in [3.63, 3.8) is 0 Å². The summed E-state index contributed by atoms with van der Waals surface area (Å²) in [6, 6.07) is 3.84. The van der Waals surface area contributed by atoms with Gasteiger partial charge in [0.2, 0.25) is 0 Å². The van der Waals surface area contributed by atoms with Gasteiger partial charge in [0.15, 0.2) is 5.96 Å². The van der Waals surface area contributed by atoms with Gasteiger partial charge in [-0.25, -0.2) is 0 Å². The number of furan rings is 1. The summed E-state index contributed by atoms with van der Waals surface area (Å²) >= 11 is 0. The summed E-state index contributed by atoms with van der Waals surface area (Å²) in [6.45, 7) is 7.31. The van der Waals surface area contributed by atoms with Gasteiger partial charge < -0.3 is 24.9 Å². The Kier molecular flexibility index (Phi) is 9.49. The van der Waals surface area contributed by atoms with Crippen LogP contribution < -0.4 is 10.6 Å². The zero-order chi connectivity index (χ0) is 14.9. The van der Waals surface area contributed by atoms with E-state index in [1.165, 1.54) is 19.5 Å². The van der Waals surface area contributed by atoms with Crippen molar-refractivity contribution in [1.82, 2.24) is 20.4 Å². The van der Waals surface area contributed by atoms with Crippen molar-refractivity contribution in [3.05, 3.63) is 24.2 Å². The Morgan fingerprint density at radius 1 is 1.27 bits per heavy atom. The maximum atomic E-state index is 5.29. The Morgan fingerprint density at radius 2 is 2.14 bits per heavy atom. The van der Waals surface area contributed by atoms with Crippen LogP contribution in [0.3, 0.4) is 0 Å². The van der Waals surface area contributed by atoms with Crippen molar-refractivity contribution in [2.45, 2.75) is 13.0 Å². The zero-order valence-corrected chi connectivity index (χ0v) is 15.9. The number of likely N-dealkylation sites (N-methyl/N-ethyl adjacent to an activating group) is 1. The molecule has 6 nitrogen and oxygen atoms in total. The summed E-state index contributed by atoms with van der Waals surface area (Å²) in [5, 5.41) is 6.60. The fraction of sp³-hybridized carbons (Fsp3) is 0.667. The van der Waals surface area contributed by atoms with Crippen molar-refractivity contribution in [2.24, 2.45) is 4.99 Å². The fourth-order valence-electron chi connectivity index (χ4n) is 2.46. The van der Waals surface area contributed by atoms with Gasteiger partial charge in [0.1, 0.15) is 5.76 Å². The van der Waals surface area contributed by atoms with Gasteiger partial charge in [0, 0.05) is 33.2 Å². The van der Waals surface area contributed by atoms with Crippen LogP contribution in [0.2, 0.25) is 0 Å². The van der Waals surface area contributed by atoms with Crippen LogP contribution in [0.4, 0.5) is 0 Å². The maximum absolute atomic E-state index is 5.29. The van der Waals surface area contributed by atoms with Gasteiger partial charge >= 0.3 is 0 Å². The van der Waals surface area contributed by atoms with Crippen LogP contribution in [0.1, 0.15) is 12.2 Å². The van der Waals surface area contributed by atoms with E-state index in [0.29, 0.717) is 6.54 Å². The molecule has 1 aliphatic rings. The first-order valence-corrected chi connectivity index (χ1v) is 7.66. The third kappa shape index (κ3) is 6.97. The Bertz CT molecular complexity index is 424. The van der Waals surface area contributed by atoms with Crippen LogP contribution in [0, 0.1) is 0 Å². The van der Waals surface area contributed by atoms with Gasteiger partial charge in [-0.15, -0.1) is 24.0 Å². The molecule has 0 amide bonds. The molecule has 7 heteroatoms. The molecule has 0 spiro atoms. The van der Waals surface area contributed by atoms with Crippen LogP contribution in [-0.2, 0) is 6.54 Å². The lowest BCUT2D eigenvalue weighted by Gasteiger charge is -2.20. The highest BCUT2D eigenvalue weighted by atomic mass is 127. The summed E-state index contributed by atoms with van der Waals surface area (Å²) in [5.41, 5.74) is 0. The average molecular weight is 421 g/mol. The number of hydrogen-bond acceptors (Lipinski definition) is 4. The molecule has 22 heavy (non-hydrogen) atoms. The lowest BCUT2D eigenvalue weighted by Crippen LogP contribution is -2.42. The third-order valence-electron chi connectivity index (χ3n) is 3.77. The minimum atomic E-state index is 0. The van der Waals surface area contributed by atoms with Crippen LogP contribution in [0.15, 0.2) is 27.8 Å². The number of nitrogens with zero attached hydrogens (tertiary/aromatic N) is 3. The topological polar surface area (TPSA) is 56.0 Å². The predicted octanol–water partition coefficient (Wildman–Crippen LogP) is 1.20. The van der Waals surface area contributed by atoms with E-state index < -0.39 is 0 Å². The van der Waals surface area contributed by atoms with Crippen LogP contribution >= 0.6 is 24.0 Å². The second-order valence-corrected chi connectivity index (χ2v) is 5.43. The number of aliphatic imine (C=N–C) groups is 1. The Labute approximate surface area is 150 Å². The lowest BCUT2D eigenvalue weighted by molar-refractivity contribution is 0.280. The average Bonchev–Trinajstić information content (AvgIpc) is 2.92. The molecule has 1 aliphatic heterocycles. The molecule has 0 bridgehead atoms. The van der Waals surface area contributed by atoms with E-state index in [2.05, 4.69) is 32.5 Å². The summed E-state index contributed by atoms with van der Waals surface area (Å²) < 4.78 is 5.29. The molecule has 1 fully saturated rings. The lowest BCUT2D eigenvalue weighted by atomic mass is 10.4. The first-order chi connectivity index (χ1) is 10.3. The Morgan fingerprint density at radius 3 is 2.86 bits per heavy atom. The molecule has 2 rings (SSSR count). The van der Waals surface area contributed by atoms with Crippen molar-refractivity contribution in [2.75, 3.05) is 53.4 Å². The summed E-state index contributed by atoms with van der Waals surface area (Å²) in [4.78, 5) is 9.14. The van der Waals surface area contributed by atoms with E-state index in [9.17, 15) is 0 Å². The van der Waals surface area contributed by atoms with E-state index in [1.54, 1.807) is 13.3 Å². The normalized spacial score (nSPS) is 17.6. The van der Waals surface area contributed by atoms with E-state index >= 15 is 0 Å². The first-order valence-electron chi connectivity index (χ1n) is 7.66. The largest absolute Gasteiger partial charge is 0.467 e. The second-order valence-electron chi connectivity index (χ2n) is 5.43. The molecule has 0 radical (unpaired) electrons. The van der Waals surface area contributed by atoms with Crippen molar-refractivity contribution < 1.29 is 4.42 Å². The molecule has 1 aromatic rings. The van der Waals surface area contributed by atoms with Crippen molar-refractivity contribution >= 4 is 29.9 Å². The molecule has 2 heterocycles. The third-order valence-corrected chi connectivity index (χ3v) is 3.77. The fourth-order valence-corrected chi connectivity index (χ4v) is 2.46. The quantitative estimate of drug-likeness (QED) is 0.425. The standard InChI is InChI=1S/C15H27N5O.HI/c1-16-15(18-13-14-5-3-12-21-14)17-6-9-20-8-4-7-19(2)10-11-20;/h3,5,12H,4,6-11,13H2,1-2H3,(H2,16,17,18);1H. The van der Waals surface area contributed by atoms with E-state index in [-0.39, 0.29) is 24.0 Å². The number of halogens is 1. The van der Waals surface area contributed by atoms with E-state index in [1.807, 2.05) is 12.1 Å². The summed E-state index contributed by atoms with van der Waals surface area (Å²) in [5.74, 6) is 1.73. The molecule has 0 atom stereocenters. The molecule has 0 unspecified atom stereocenters. The molecule has 0 aliphatic carbocycles. The van der Waals surface area contributed by atoms with Gasteiger partial charge in [-0.05, 0) is 38.7 Å². The Hall–Kier alpha value is -0.800. The minimum absolute atomic E-state index is 0. The van der Waals surface area contributed by atoms with Gasteiger partial charge in [-0.1, -0.05) is 0 Å². The molecule has 126 valence electrons. The maximum Gasteiger partial charge on any atom is 0.191 e. The highest BCUT2D eigenvalue weighted by Gasteiger charge is 2.11. The van der Waals surface area contributed by atoms with Gasteiger partial charge in [-0.2, -0.15) is 0 Å². The van der Waals surface area contributed by atoms with E-state index in [4.69, 9.17) is 4.42 Å². The number of rotatable bonds is 5. The van der Waals surface area contributed by atoms with Gasteiger partial charge in [-0.3, -0.25) is 4.99 Å². The second kappa shape index (κ2) is 10.8. The molecule has 1 aromatic heterocycles. The molecule has 0 saturated carbocycles. The smallest absolute Gasteiger partial charge is 0.191 e. The highest BCUT2D eigenvalue weighted by Crippen LogP contribution is 2.00. The molecular weight excluding hydrogens is 393 g/mol. The summed E-state index contributed by atoms with van der Waals surface area (Å²) in [6.07, 6.45) is 2.94. The number of nitrogens with one attached hydrogen (secondary N) is 2. The van der Waals surface area contributed by atoms with Crippen LogP contribution in [0.5, 0.6) is 0 Å². The number of hydrogen-bond donors (Lipinski definition) is 2. The van der Waals surface area contributed by atoms with Crippen molar-refractivity contribution in [1.29, 1.82) is 0 Å². The molecule has 1 saturated heterocycles. The van der Waals surface area contributed by atoms with Gasteiger partial charge in [0.25, 0.3) is 0 Å². The predicted molar refractivity (Wildman–Crippen MR) is 101 cm³/mol. The SMILES string of the molecule is CN=C(NCCN1CCCN(C)CC1)NCc1ccco1.I. The number of guanidine groups is 1. The Balaban J connectivity index is 0.00000242. The molecule has 2 N–H and O–H groups in total. The summed E-state index contributed by atoms with van der Waals surface area (Å²) in [7, 11) is 3.99. The van der Waals surface area contributed by atoms with Crippen LogP contribution in [0.25, 0.3) is 0 Å². The van der Waals surface area contributed by atoms with Gasteiger partial charge in [0.05, 0.1) is 12.8 Å². The van der Waals surface area contributed by atoms with E-state index in [0.717, 1.165) is 37.9 Å². The highest BCUT2D eigenvalue weighted by molar-refractivity contribution is 14.0. The minimum Gasteiger partial charge on any atom is -0.467 e. The monoisotopic (exact) mass is 421 g/mol.